The molecule has 0 aliphatic heterocycles. The number of nitrogens with two attached hydrogens (primary N) is 1. The first-order valence-corrected chi connectivity index (χ1v) is 6.12. The van der Waals surface area contributed by atoms with Crippen molar-refractivity contribution in [1.82, 2.24) is 0 Å². The van der Waals surface area contributed by atoms with Gasteiger partial charge >= 0.3 is 0 Å². The first-order valence-electron chi connectivity index (χ1n) is 5.30. The van der Waals surface area contributed by atoms with Crippen LogP contribution in [0.3, 0.4) is 0 Å². The van der Waals surface area contributed by atoms with Gasteiger partial charge in [0.1, 0.15) is 5.76 Å². The summed E-state index contributed by atoms with van der Waals surface area (Å²) < 4.78 is 5.45. The lowest BCUT2D eigenvalue weighted by Crippen LogP contribution is -1.99. The van der Waals surface area contributed by atoms with Crippen molar-refractivity contribution in [2.75, 3.05) is 5.73 Å². The highest BCUT2D eigenvalue weighted by Gasteiger charge is 2.21. The van der Waals surface area contributed by atoms with E-state index in [2.05, 4.69) is 0 Å². The van der Waals surface area contributed by atoms with Crippen LogP contribution in [0.25, 0.3) is 11.3 Å². The van der Waals surface area contributed by atoms with E-state index in [0.717, 1.165) is 22.7 Å². The highest BCUT2D eigenvalue weighted by atomic mass is 32.1. The van der Waals surface area contributed by atoms with Gasteiger partial charge in [0.2, 0.25) is 0 Å². The fourth-order valence-electron chi connectivity index (χ4n) is 2.28. The van der Waals surface area contributed by atoms with Gasteiger partial charge < -0.3 is 10.2 Å². The summed E-state index contributed by atoms with van der Waals surface area (Å²) in [7, 11) is 0. The Hall–Kier alpha value is -1.22. The number of furan rings is 1. The summed E-state index contributed by atoms with van der Waals surface area (Å²) in [6.45, 7) is 0. The second-order valence-corrected chi connectivity index (χ2v) is 5.06. The topological polar surface area (TPSA) is 39.2 Å². The number of rotatable bonds is 1. The highest BCUT2D eigenvalue weighted by molar-refractivity contribution is 7.16. The van der Waals surface area contributed by atoms with Crippen LogP contribution in [0.5, 0.6) is 0 Å². The Morgan fingerprint density at radius 1 is 1.27 bits per heavy atom. The molecule has 0 saturated carbocycles. The lowest BCUT2D eigenvalue weighted by atomic mass is 9.95. The fraction of sp³-hybridized carbons (Fsp3) is 0.333. The summed E-state index contributed by atoms with van der Waals surface area (Å²) in [6.07, 6.45) is 6.62. The molecule has 2 aromatic rings. The summed E-state index contributed by atoms with van der Waals surface area (Å²) in [5, 5.41) is 0.914. The predicted molar refractivity (Wildman–Crippen MR) is 63.1 cm³/mol. The van der Waals surface area contributed by atoms with Crippen LogP contribution < -0.4 is 5.73 Å². The van der Waals surface area contributed by atoms with Crippen molar-refractivity contribution < 1.29 is 4.42 Å². The molecule has 0 spiro atoms. The van der Waals surface area contributed by atoms with E-state index < -0.39 is 0 Å². The van der Waals surface area contributed by atoms with Crippen molar-refractivity contribution in [2.45, 2.75) is 25.7 Å². The van der Waals surface area contributed by atoms with E-state index in [-0.39, 0.29) is 0 Å². The third-order valence-electron chi connectivity index (χ3n) is 2.97. The average molecular weight is 219 g/mol. The van der Waals surface area contributed by atoms with Crippen LogP contribution in [0.2, 0.25) is 0 Å². The van der Waals surface area contributed by atoms with Crippen LogP contribution in [0.15, 0.2) is 22.8 Å². The lowest BCUT2D eigenvalue weighted by Gasteiger charge is -2.11. The van der Waals surface area contributed by atoms with Gasteiger partial charge in [-0.2, -0.15) is 0 Å². The summed E-state index contributed by atoms with van der Waals surface area (Å²) in [5.41, 5.74) is 8.65. The Bertz CT molecular complexity index is 470. The first kappa shape index (κ1) is 9.04. The molecule has 0 radical (unpaired) electrons. The number of aryl methyl sites for hydroxylation is 1. The minimum absolute atomic E-state index is 0.914. The maximum absolute atomic E-state index is 6.07. The van der Waals surface area contributed by atoms with Gasteiger partial charge in [0.05, 0.1) is 16.8 Å². The third-order valence-corrected chi connectivity index (χ3v) is 4.09. The van der Waals surface area contributed by atoms with E-state index >= 15 is 0 Å². The van der Waals surface area contributed by atoms with Crippen LogP contribution in [-0.4, -0.2) is 0 Å². The smallest absolute Gasteiger partial charge is 0.137 e. The monoisotopic (exact) mass is 219 g/mol. The second kappa shape index (κ2) is 3.42. The van der Waals surface area contributed by atoms with Crippen LogP contribution in [0, 0.1) is 0 Å². The zero-order valence-electron chi connectivity index (χ0n) is 8.45. The maximum Gasteiger partial charge on any atom is 0.137 e. The van der Waals surface area contributed by atoms with Gasteiger partial charge in [-0.3, -0.25) is 0 Å². The number of hydrogen-bond donors (Lipinski definition) is 1. The zero-order chi connectivity index (χ0) is 10.3. The van der Waals surface area contributed by atoms with Crippen molar-refractivity contribution in [3.8, 4) is 11.3 Å². The van der Waals surface area contributed by atoms with E-state index in [4.69, 9.17) is 10.2 Å². The standard InChI is InChI=1S/C12H13NOS/c13-12-11(9-5-3-7-14-9)8-4-1-2-6-10(8)15-12/h3,5,7H,1-2,4,6,13H2. The van der Waals surface area contributed by atoms with Crippen molar-refractivity contribution in [3.63, 3.8) is 0 Å². The van der Waals surface area contributed by atoms with Crippen LogP contribution in [-0.2, 0) is 12.8 Å². The van der Waals surface area contributed by atoms with Crippen molar-refractivity contribution >= 4 is 16.3 Å². The average Bonchev–Trinajstić information content (AvgIpc) is 2.82. The van der Waals surface area contributed by atoms with Gasteiger partial charge in [0, 0.05) is 4.88 Å². The molecule has 0 amide bonds. The van der Waals surface area contributed by atoms with Crippen LogP contribution in [0.1, 0.15) is 23.3 Å². The maximum atomic E-state index is 6.07. The molecule has 1 aliphatic carbocycles. The molecular weight excluding hydrogens is 206 g/mol. The van der Waals surface area contributed by atoms with E-state index in [1.165, 1.54) is 29.7 Å². The molecule has 0 atom stereocenters. The van der Waals surface area contributed by atoms with E-state index in [9.17, 15) is 0 Å². The minimum Gasteiger partial charge on any atom is -0.464 e. The molecule has 0 saturated heterocycles. The molecule has 2 N–H and O–H groups in total. The molecule has 0 aromatic carbocycles. The number of hydrogen-bond acceptors (Lipinski definition) is 3. The van der Waals surface area contributed by atoms with Gasteiger partial charge in [0.25, 0.3) is 0 Å². The molecule has 0 bridgehead atoms. The molecule has 0 fully saturated rings. The third kappa shape index (κ3) is 1.38. The van der Waals surface area contributed by atoms with Gasteiger partial charge in [-0.1, -0.05) is 0 Å². The van der Waals surface area contributed by atoms with Gasteiger partial charge in [-0.25, -0.2) is 0 Å². The SMILES string of the molecule is Nc1sc2c(c1-c1ccco1)CCCC2. The van der Waals surface area contributed by atoms with Crippen molar-refractivity contribution in [2.24, 2.45) is 0 Å². The first-order chi connectivity index (χ1) is 7.36. The molecule has 78 valence electrons. The van der Waals surface area contributed by atoms with Gasteiger partial charge in [0.15, 0.2) is 0 Å². The molecule has 2 aromatic heterocycles. The van der Waals surface area contributed by atoms with Crippen LogP contribution >= 0.6 is 11.3 Å². The quantitative estimate of drug-likeness (QED) is 0.797. The molecule has 2 nitrogen and oxygen atoms in total. The summed E-state index contributed by atoms with van der Waals surface area (Å²) in [6, 6.07) is 3.91. The molecule has 3 heteroatoms. The number of anilines is 1. The molecule has 2 heterocycles. The molecule has 15 heavy (non-hydrogen) atoms. The predicted octanol–water partition coefficient (Wildman–Crippen LogP) is 3.47. The summed E-state index contributed by atoms with van der Waals surface area (Å²) in [5.74, 6) is 0.923. The number of fused-ring (bicyclic) bond motifs is 1. The van der Waals surface area contributed by atoms with E-state index in [0.29, 0.717) is 0 Å². The van der Waals surface area contributed by atoms with Gasteiger partial charge in [-0.15, -0.1) is 11.3 Å². The molecule has 1 aliphatic rings. The minimum atomic E-state index is 0.914. The van der Waals surface area contributed by atoms with Gasteiger partial charge in [-0.05, 0) is 43.4 Å². The lowest BCUT2D eigenvalue weighted by molar-refractivity contribution is 0.581. The Morgan fingerprint density at radius 3 is 2.93 bits per heavy atom. The summed E-state index contributed by atoms with van der Waals surface area (Å²) >= 11 is 1.73. The van der Waals surface area contributed by atoms with Crippen molar-refractivity contribution in [3.05, 3.63) is 28.8 Å². The second-order valence-electron chi connectivity index (χ2n) is 3.93. The fourth-order valence-corrected chi connectivity index (χ4v) is 3.44. The van der Waals surface area contributed by atoms with Crippen molar-refractivity contribution in [1.29, 1.82) is 0 Å². The number of nitrogen functional groups attached to an aromatic ring is 1. The number of thiophene rings is 1. The van der Waals surface area contributed by atoms with E-state index in [1.807, 2.05) is 12.1 Å². The van der Waals surface area contributed by atoms with Crippen LogP contribution in [0.4, 0.5) is 5.00 Å². The largest absolute Gasteiger partial charge is 0.464 e. The Kier molecular flexibility index (Phi) is 2.06. The van der Waals surface area contributed by atoms with E-state index in [1.54, 1.807) is 17.6 Å². The normalized spacial score (nSPS) is 15.2. The highest BCUT2D eigenvalue weighted by Crippen LogP contribution is 2.42. The molecule has 3 rings (SSSR count). The Labute approximate surface area is 92.7 Å². The Balaban J connectivity index is 2.18. The molecule has 0 unspecified atom stereocenters. The molecular formula is C12H13NOS. The summed E-state index contributed by atoms with van der Waals surface area (Å²) in [4.78, 5) is 1.46. The zero-order valence-corrected chi connectivity index (χ0v) is 9.27. The Morgan fingerprint density at radius 2 is 2.13 bits per heavy atom.